The van der Waals surface area contributed by atoms with Gasteiger partial charge in [-0.3, -0.25) is 9.48 Å². The molecule has 0 saturated heterocycles. The fourth-order valence-electron chi connectivity index (χ4n) is 2.54. The highest BCUT2D eigenvalue weighted by molar-refractivity contribution is 5.93. The lowest BCUT2D eigenvalue weighted by Crippen LogP contribution is -2.33. The Morgan fingerprint density at radius 3 is 2.43 bits per heavy atom. The fraction of sp³-hybridized carbons (Fsp3) is 0.500. The van der Waals surface area contributed by atoms with Crippen molar-refractivity contribution in [2.45, 2.75) is 26.7 Å². The van der Waals surface area contributed by atoms with Crippen LogP contribution in [-0.4, -0.2) is 38.2 Å². The van der Waals surface area contributed by atoms with E-state index < -0.39 is 0 Å². The molecular formula is C16H24N4O. The number of aryl methyl sites for hydroxylation is 2. The van der Waals surface area contributed by atoms with Crippen LogP contribution in [0.1, 0.15) is 37.2 Å². The maximum absolute atomic E-state index is 12.7. The number of nitrogens with zero attached hydrogens (tertiary/aromatic N) is 4. The molecule has 0 fully saturated rings. The summed E-state index contributed by atoms with van der Waals surface area (Å²) < 4.78 is 3.69. The summed E-state index contributed by atoms with van der Waals surface area (Å²) in [5.41, 5.74) is 2.50. The zero-order chi connectivity index (χ0) is 15.4. The molecule has 2 rings (SSSR count). The molecule has 0 N–H and O–H groups in total. The summed E-state index contributed by atoms with van der Waals surface area (Å²) in [5.74, 6) is 0.0640. The summed E-state index contributed by atoms with van der Waals surface area (Å²) >= 11 is 0. The van der Waals surface area contributed by atoms with Crippen molar-refractivity contribution < 1.29 is 4.79 Å². The maximum Gasteiger partial charge on any atom is 0.272 e. The molecule has 0 saturated carbocycles. The molecular weight excluding hydrogens is 264 g/mol. The Hall–Kier alpha value is -2.04. The Morgan fingerprint density at radius 1 is 1.24 bits per heavy atom. The van der Waals surface area contributed by atoms with Gasteiger partial charge in [-0.25, -0.2) is 0 Å². The van der Waals surface area contributed by atoms with Crippen molar-refractivity contribution in [3.63, 3.8) is 0 Å². The van der Waals surface area contributed by atoms with E-state index in [2.05, 4.69) is 18.9 Å². The maximum atomic E-state index is 12.7. The predicted molar refractivity (Wildman–Crippen MR) is 84.1 cm³/mol. The molecule has 0 aliphatic carbocycles. The van der Waals surface area contributed by atoms with Gasteiger partial charge >= 0.3 is 0 Å². The molecule has 0 radical (unpaired) electrons. The molecule has 0 aromatic carbocycles. The first-order chi connectivity index (χ1) is 10.1. The van der Waals surface area contributed by atoms with E-state index >= 15 is 0 Å². The van der Waals surface area contributed by atoms with Gasteiger partial charge in [0.15, 0.2) is 0 Å². The van der Waals surface area contributed by atoms with Gasteiger partial charge in [-0.2, -0.15) is 5.10 Å². The molecule has 5 heteroatoms. The minimum Gasteiger partial charge on any atom is -0.349 e. The molecule has 0 bridgehead atoms. The van der Waals surface area contributed by atoms with Crippen molar-refractivity contribution in [2.24, 2.45) is 14.1 Å². The van der Waals surface area contributed by atoms with Crippen molar-refractivity contribution in [2.75, 3.05) is 13.1 Å². The average Bonchev–Trinajstić information content (AvgIpc) is 3.03. The topological polar surface area (TPSA) is 43.1 Å². The minimum atomic E-state index is 0.0640. The molecule has 21 heavy (non-hydrogen) atoms. The van der Waals surface area contributed by atoms with E-state index in [1.54, 1.807) is 4.68 Å². The number of rotatable bonds is 6. The first-order valence-corrected chi connectivity index (χ1v) is 7.53. The van der Waals surface area contributed by atoms with Gasteiger partial charge in [0.1, 0.15) is 11.4 Å². The van der Waals surface area contributed by atoms with E-state index in [4.69, 9.17) is 0 Å². The zero-order valence-electron chi connectivity index (χ0n) is 13.3. The van der Waals surface area contributed by atoms with Crippen LogP contribution in [0.5, 0.6) is 0 Å². The molecule has 0 aliphatic heterocycles. The number of aromatic nitrogens is 3. The molecule has 0 unspecified atom stereocenters. The molecule has 5 nitrogen and oxygen atoms in total. The highest BCUT2D eigenvalue weighted by Gasteiger charge is 2.20. The van der Waals surface area contributed by atoms with Crippen LogP contribution in [0, 0.1) is 0 Å². The Labute approximate surface area is 126 Å². The van der Waals surface area contributed by atoms with Crippen LogP contribution in [-0.2, 0) is 14.1 Å². The smallest absolute Gasteiger partial charge is 0.272 e. The number of amides is 1. The van der Waals surface area contributed by atoms with E-state index in [1.165, 1.54) is 0 Å². The highest BCUT2D eigenvalue weighted by Crippen LogP contribution is 2.19. The second kappa shape index (κ2) is 6.61. The second-order valence-electron chi connectivity index (χ2n) is 5.33. The molecule has 2 heterocycles. The van der Waals surface area contributed by atoms with Crippen LogP contribution < -0.4 is 0 Å². The van der Waals surface area contributed by atoms with E-state index in [9.17, 15) is 4.79 Å². The number of carbonyl (C=O) groups is 1. The fourth-order valence-corrected chi connectivity index (χ4v) is 2.54. The van der Waals surface area contributed by atoms with Crippen molar-refractivity contribution >= 4 is 5.91 Å². The summed E-state index contributed by atoms with van der Waals surface area (Å²) in [4.78, 5) is 14.6. The van der Waals surface area contributed by atoms with Gasteiger partial charge in [-0.1, -0.05) is 13.8 Å². The number of carbonyl (C=O) groups excluding carboxylic acids is 1. The lowest BCUT2D eigenvalue weighted by molar-refractivity contribution is 0.0744. The molecule has 2 aromatic heterocycles. The highest BCUT2D eigenvalue weighted by atomic mass is 16.2. The standard InChI is InChI=1S/C16H24N4O/c1-5-9-20(10-6-2)16(21)15-12-13(17-19(15)4)14-8-7-11-18(14)3/h7-8,11-12H,5-6,9-10H2,1-4H3. The SMILES string of the molecule is CCCN(CCC)C(=O)c1cc(-c2cccn2C)nn1C. The molecule has 0 aliphatic rings. The second-order valence-corrected chi connectivity index (χ2v) is 5.33. The Balaban J connectivity index is 2.30. The van der Waals surface area contributed by atoms with Crippen LogP contribution in [0.2, 0.25) is 0 Å². The first kappa shape index (κ1) is 15.4. The average molecular weight is 288 g/mol. The van der Waals surface area contributed by atoms with Crippen LogP contribution in [0.3, 0.4) is 0 Å². The summed E-state index contributed by atoms with van der Waals surface area (Å²) in [6, 6.07) is 5.87. The summed E-state index contributed by atoms with van der Waals surface area (Å²) in [6.45, 7) is 5.76. The molecule has 1 amide bonds. The van der Waals surface area contributed by atoms with Crippen molar-refractivity contribution in [1.82, 2.24) is 19.2 Å². The van der Waals surface area contributed by atoms with Crippen LogP contribution in [0.25, 0.3) is 11.4 Å². The Bertz CT molecular complexity index is 606. The van der Waals surface area contributed by atoms with Gasteiger partial charge < -0.3 is 9.47 Å². The van der Waals surface area contributed by atoms with Crippen LogP contribution >= 0.6 is 0 Å². The zero-order valence-corrected chi connectivity index (χ0v) is 13.3. The van der Waals surface area contributed by atoms with Gasteiger partial charge in [0.2, 0.25) is 0 Å². The van der Waals surface area contributed by atoms with Crippen LogP contribution in [0.15, 0.2) is 24.4 Å². The normalized spacial score (nSPS) is 10.9. The molecule has 2 aromatic rings. The molecule has 0 spiro atoms. The minimum absolute atomic E-state index is 0.0640. The van der Waals surface area contributed by atoms with E-state index in [0.29, 0.717) is 5.69 Å². The van der Waals surface area contributed by atoms with Crippen molar-refractivity contribution in [3.8, 4) is 11.4 Å². The van der Waals surface area contributed by atoms with Gasteiger partial charge in [-0.05, 0) is 31.0 Å². The number of hydrogen-bond donors (Lipinski definition) is 0. The van der Waals surface area contributed by atoms with Crippen LogP contribution in [0.4, 0.5) is 0 Å². The monoisotopic (exact) mass is 288 g/mol. The van der Waals surface area contributed by atoms with Gasteiger partial charge in [0.05, 0.1) is 5.69 Å². The van der Waals surface area contributed by atoms with E-state index in [0.717, 1.165) is 37.3 Å². The number of hydrogen-bond acceptors (Lipinski definition) is 2. The first-order valence-electron chi connectivity index (χ1n) is 7.53. The Morgan fingerprint density at radius 2 is 1.90 bits per heavy atom. The van der Waals surface area contributed by atoms with Gasteiger partial charge in [0, 0.05) is 33.4 Å². The predicted octanol–water partition coefficient (Wildman–Crippen LogP) is 2.69. The third-order valence-corrected chi connectivity index (χ3v) is 3.58. The van der Waals surface area contributed by atoms with Gasteiger partial charge in [-0.15, -0.1) is 0 Å². The third kappa shape index (κ3) is 3.17. The quantitative estimate of drug-likeness (QED) is 0.820. The van der Waals surface area contributed by atoms with E-state index in [1.807, 2.05) is 48.0 Å². The lowest BCUT2D eigenvalue weighted by Gasteiger charge is -2.21. The molecule has 114 valence electrons. The van der Waals surface area contributed by atoms with Gasteiger partial charge in [0.25, 0.3) is 5.91 Å². The van der Waals surface area contributed by atoms with Crippen molar-refractivity contribution in [3.05, 3.63) is 30.1 Å². The summed E-state index contributed by atoms with van der Waals surface area (Å²) in [5, 5.41) is 4.49. The van der Waals surface area contributed by atoms with E-state index in [-0.39, 0.29) is 5.91 Å². The lowest BCUT2D eigenvalue weighted by atomic mass is 10.2. The van der Waals surface area contributed by atoms with Crippen molar-refractivity contribution in [1.29, 1.82) is 0 Å². The molecule has 0 atom stereocenters. The largest absolute Gasteiger partial charge is 0.349 e. The third-order valence-electron chi connectivity index (χ3n) is 3.58. The Kier molecular flexibility index (Phi) is 4.83. The summed E-state index contributed by atoms with van der Waals surface area (Å²) in [7, 11) is 3.81. The summed E-state index contributed by atoms with van der Waals surface area (Å²) in [6.07, 6.45) is 3.91.